The molecular formula is C10H12F3NO2. The molecule has 16 heavy (non-hydrogen) atoms. The molecule has 1 aliphatic carbocycles. The van der Waals surface area contributed by atoms with Crippen molar-refractivity contribution in [2.45, 2.75) is 30.5 Å². The lowest BCUT2D eigenvalue weighted by Crippen LogP contribution is -2.49. The van der Waals surface area contributed by atoms with Crippen LogP contribution in [0.1, 0.15) is 24.4 Å². The van der Waals surface area contributed by atoms with Crippen molar-refractivity contribution in [3.05, 3.63) is 23.7 Å². The van der Waals surface area contributed by atoms with E-state index in [2.05, 4.69) is 0 Å². The minimum absolute atomic E-state index is 0.175. The molecule has 0 aromatic carbocycles. The van der Waals surface area contributed by atoms with Crippen LogP contribution in [0.3, 0.4) is 0 Å². The first-order valence-electron chi connectivity index (χ1n) is 4.93. The average Bonchev–Trinajstić information content (AvgIpc) is 2.60. The van der Waals surface area contributed by atoms with E-state index in [9.17, 15) is 18.3 Å². The van der Waals surface area contributed by atoms with Gasteiger partial charge in [-0.15, -0.1) is 0 Å². The highest BCUT2D eigenvalue weighted by Gasteiger charge is 2.47. The number of halogens is 3. The number of aliphatic hydroxyl groups is 1. The summed E-state index contributed by atoms with van der Waals surface area (Å²) >= 11 is 0. The topological polar surface area (TPSA) is 59.4 Å². The SMILES string of the molecule is NCC1(c2ccc(C(F)(F)F)o2)CC(O)C1. The van der Waals surface area contributed by atoms with Gasteiger partial charge in [-0.05, 0) is 25.0 Å². The lowest BCUT2D eigenvalue weighted by atomic mass is 9.65. The summed E-state index contributed by atoms with van der Waals surface area (Å²) in [6.07, 6.45) is -4.26. The van der Waals surface area contributed by atoms with Gasteiger partial charge >= 0.3 is 6.18 Å². The zero-order valence-corrected chi connectivity index (χ0v) is 8.42. The van der Waals surface area contributed by atoms with Gasteiger partial charge in [0.2, 0.25) is 5.76 Å². The molecule has 1 aromatic rings. The van der Waals surface area contributed by atoms with Gasteiger partial charge in [0.05, 0.1) is 6.10 Å². The molecule has 0 unspecified atom stereocenters. The van der Waals surface area contributed by atoms with E-state index < -0.39 is 23.5 Å². The predicted molar refractivity (Wildman–Crippen MR) is 49.7 cm³/mol. The van der Waals surface area contributed by atoms with Gasteiger partial charge < -0.3 is 15.3 Å². The van der Waals surface area contributed by atoms with Crippen molar-refractivity contribution >= 4 is 0 Å². The summed E-state index contributed by atoms with van der Waals surface area (Å²) < 4.78 is 41.7. The molecule has 0 bridgehead atoms. The van der Waals surface area contributed by atoms with Gasteiger partial charge in [0.1, 0.15) is 5.76 Å². The van der Waals surface area contributed by atoms with Crippen molar-refractivity contribution in [1.82, 2.24) is 0 Å². The molecule has 0 radical (unpaired) electrons. The van der Waals surface area contributed by atoms with E-state index in [4.69, 9.17) is 10.2 Å². The Morgan fingerprint density at radius 1 is 1.44 bits per heavy atom. The second kappa shape index (κ2) is 3.49. The molecule has 90 valence electrons. The van der Waals surface area contributed by atoms with Crippen LogP contribution in [-0.4, -0.2) is 17.8 Å². The quantitative estimate of drug-likeness (QED) is 0.819. The van der Waals surface area contributed by atoms with Gasteiger partial charge in [0, 0.05) is 12.0 Å². The van der Waals surface area contributed by atoms with E-state index in [0.29, 0.717) is 12.8 Å². The maximum Gasteiger partial charge on any atom is 0.449 e. The minimum atomic E-state index is -4.48. The highest BCUT2D eigenvalue weighted by molar-refractivity contribution is 5.23. The third-order valence-electron chi connectivity index (χ3n) is 3.05. The lowest BCUT2D eigenvalue weighted by Gasteiger charge is -2.43. The molecule has 2 rings (SSSR count). The van der Waals surface area contributed by atoms with Crippen LogP contribution in [0.15, 0.2) is 16.5 Å². The summed E-state index contributed by atoms with van der Waals surface area (Å²) in [5, 5.41) is 9.22. The van der Waals surface area contributed by atoms with E-state index in [0.717, 1.165) is 6.07 Å². The molecule has 0 amide bonds. The number of alkyl halides is 3. The number of furan rings is 1. The van der Waals surface area contributed by atoms with Crippen molar-refractivity contribution in [1.29, 1.82) is 0 Å². The zero-order chi connectivity index (χ0) is 12.0. The maximum absolute atomic E-state index is 12.3. The van der Waals surface area contributed by atoms with Crippen LogP contribution in [0, 0.1) is 0 Å². The van der Waals surface area contributed by atoms with Crippen molar-refractivity contribution in [2.24, 2.45) is 5.73 Å². The molecule has 0 spiro atoms. The van der Waals surface area contributed by atoms with Gasteiger partial charge in [-0.25, -0.2) is 0 Å². The Bertz CT molecular complexity index is 380. The molecule has 1 saturated carbocycles. The third-order valence-corrected chi connectivity index (χ3v) is 3.05. The third kappa shape index (κ3) is 1.72. The Kier molecular flexibility index (Phi) is 2.51. The lowest BCUT2D eigenvalue weighted by molar-refractivity contribution is -0.154. The van der Waals surface area contributed by atoms with Gasteiger partial charge in [-0.3, -0.25) is 0 Å². The van der Waals surface area contributed by atoms with E-state index >= 15 is 0 Å². The van der Waals surface area contributed by atoms with Crippen LogP contribution in [0.2, 0.25) is 0 Å². The summed E-state index contributed by atoms with van der Waals surface area (Å²) in [6.45, 7) is 0.175. The van der Waals surface area contributed by atoms with E-state index in [1.54, 1.807) is 0 Å². The molecule has 1 aliphatic rings. The molecule has 1 heterocycles. The van der Waals surface area contributed by atoms with Crippen molar-refractivity contribution in [3.63, 3.8) is 0 Å². The van der Waals surface area contributed by atoms with Crippen molar-refractivity contribution in [2.75, 3.05) is 6.54 Å². The highest BCUT2D eigenvalue weighted by atomic mass is 19.4. The second-order valence-electron chi connectivity index (χ2n) is 4.21. The fourth-order valence-electron chi connectivity index (χ4n) is 2.09. The van der Waals surface area contributed by atoms with Crippen LogP contribution in [0.25, 0.3) is 0 Å². The Hall–Kier alpha value is -1.01. The Morgan fingerprint density at radius 2 is 2.06 bits per heavy atom. The molecule has 0 aliphatic heterocycles. The summed E-state index contributed by atoms with van der Waals surface area (Å²) in [4.78, 5) is 0. The highest BCUT2D eigenvalue weighted by Crippen LogP contribution is 2.45. The number of aliphatic hydroxyl groups excluding tert-OH is 1. The first-order valence-corrected chi connectivity index (χ1v) is 4.93. The Labute approximate surface area is 90.0 Å². The van der Waals surface area contributed by atoms with Crippen LogP contribution in [0.5, 0.6) is 0 Å². The van der Waals surface area contributed by atoms with E-state index in [-0.39, 0.29) is 12.3 Å². The Balaban J connectivity index is 2.25. The van der Waals surface area contributed by atoms with Gasteiger partial charge in [-0.1, -0.05) is 0 Å². The zero-order valence-electron chi connectivity index (χ0n) is 8.42. The standard InChI is InChI=1S/C10H12F3NO2/c11-10(12,13)8-2-1-7(16-8)9(5-14)3-6(15)4-9/h1-2,6,15H,3-5,14H2. The monoisotopic (exact) mass is 235 g/mol. The Morgan fingerprint density at radius 3 is 2.44 bits per heavy atom. The number of nitrogens with two attached hydrogens (primary N) is 1. The first-order chi connectivity index (χ1) is 7.37. The van der Waals surface area contributed by atoms with Gasteiger partial charge in [0.15, 0.2) is 0 Å². The summed E-state index contributed by atoms with van der Waals surface area (Å²) in [5.74, 6) is -0.802. The first kappa shape index (κ1) is 11.5. The fourth-order valence-corrected chi connectivity index (χ4v) is 2.09. The number of hydrogen-bond acceptors (Lipinski definition) is 3. The second-order valence-corrected chi connectivity index (χ2v) is 4.21. The predicted octanol–water partition coefficient (Wildman–Crippen LogP) is 1.65. The van der Waals surface area contributed by atoms with Crippen molar-refractivity contribution < 1.29 is 22.7 Å². The molecular weight excluding hydrogens is 223 g/mol. The molecule has 6 heteroatoms. The number of hydrogen-bond donors (Lipinski definition) is 2. The van der Waals surface area contributed by atoms with Crippen LogP contribution in [-0.2, 0) is 11.6 Å². The summed E-state index contributed by atoms with van der Waals surface area (Å²) in [7, 11) is 0. The van der Waals surface area contributed by atoms with Crippen molar-refractivity contribution in [3.8, 4) is 0 Å². The average molecular weight is 235 g/mol. The molecule has 0 atom stereocenters. The van der Waals surface area contributed by atoms with E-state index in [1.165, 1.54) is 6.07 Å². The normalized spacial score (nSPS) is 30.2. The van der Waals surface area contributed by atoms with Gasteiger partial charge in [0.25, 0.3) is 0 Å². The fraction of sp³-hybridized carbons (Fsp3) is 0.600. The van der Waals surface area contributed by atoms with Crippen LogP contribution >= 0.6 is 0 Å². The molecule has 3 nitrogen and oxygen atoms in total. The number of rotatable bonds is 2. The maximum atomic E-state index is 12.3. The molecule has 1 fully saturated rings. The van der Waals surface area contributed by atoms with Gasteiger partial charge in [-0.2, -0.15) is 13.2 Å². The molecule has 1 aromatic heterocycles. The minimum Gasteiger partial charge on any atom is -0.456 e. The molecule has 0 saturated heterocycles. The van der Waals surface area contributed by atoms with E-state index in [1.807, 2.05) is 0 Å². The largest absolute Gasteiger partial charge is 0.456 e. The summed E-state index contributed by atoms with van der Waals surface area (Å²) in [6, 6.07) is 2.19. The van der Waals surface area contributed by atoms with Crippen LogP contribution in [0.4, 0.5) is 13.2 Å². The summed E-state index contributed by atoms with van der Waals surface area (Å²) in [5.41, 5.74) is 4.91. The molecule has 3 N–H and O–H groups in total. The van der Waals surface area contributed by atoms with Crippen LogP contribution < -0.4 is 5.73 Å². The smallest absolute Gasteiger partial charge is 0.449 e.